The minimum absolute atomic E-state index is 0.0345. The van der Waals surface area contributed by atoms with Gasteiger partial charge in [0, 0.05) is 13.5 Å². The predicted octanol–water partition coefficient (Wildman–Crippen LogP) is 2.61. The lowest BCUT2D eigenvalue weighted by molar-refractivity contribution is -0.167. The fraction of sp³-hybridized carbons (Fsp3) is 0.320. The van der Waals surface area contributed by atoms with Gasteiger partial charge in [0.05, 0.1) is 5.92 Å². The number of nitrogens with one attached hydrogen (secondary N) is 3. The van der Waals surface area contributed by atoms with E-state index in [9.17, 15) is 19.2 Å². The molecular weight excluding hydrogens is 468 g/mol. The normalized spacial score (nSPS) is 16.0. The Morgan fingerprint density at radius 1 is 0.889 bits per heavy atom. The first kappa shape index (κ1) is 26.2. The molecule has 3 rings (SSSR count). The zero-order chi connectivity index (χ0) is 25.8. The predicted molar refractivity (Wildman–Crippen MR) is 128 cm³/mol. The van der Waals surface area contributed by atoms with Gasteiger partial charge in [0.15, 0.2) is 6.23 Å². The van der Waals surface area contributed by atoms with Gasteiger partial charge in [-0.25, -0.2) is 9.59 Å². The van der Waals surface area contributed by atoms with E-state index >= 15 is 0 Å². The summed E-state index contributed by atoms with van der Waals surface area (Å²) in [5, 5.41) is 7.32. The Labute approximate surface area is 208 Å². The van der Waals surface area contributed by atoms with Crippen molar-refractivity contribution in [3.8, 4) is 0 Å². The van der Waals surface area contributed by atoms with E-state index in [0.29, 0.717) is 12.8 Å². The van der Waals surface area contributed by atoms with E-state index in [2.05, 4.69) is 20.9 Å². The topological polar surface area (TPSA) is 144 Å². The van der Waals surface area contributed by atoms with Crippen LogP contribution in [0.3, 0.4) is 0 Å². The first-order valence-corrected chi connectivity index (χ1v) is 11.4. The van der Waals surface area contributed by atoms with E-state index < -0.39 is 30.3 Å². The van der Waals surface area contributed by atoms with Gasteiger partial charge >= 0.3 is 18.2 Å². The first-order valence-electron chi connectivity index (χ1n) is 11.4. The third-order valence-electron chi connectivity index (χ3n) is 5.09. The van der Waals surface area contributed by atoms with Crippen LogP contribution >= 0.6 is 0 Å². The summed E-state index contributed by atoms with van der Waals surface area (Å²) in [4.78, 5) is 51.6. The molecule has 2 atom stereocenters. The molecule has 3 N–H and O–H groups in total. The number of aliphatic imine (C=N–C) groups is 1. The lowest BCUT2D eigenvalue weighted by Gasteiger charge is -2.35. The highest BCUT2D eigenvalue weighted by Gasteiger charge is 2.40. The van der Waals surface area contributed by atoms with Gasteiger partial charge in [0.1, 0.15) is 13.2 Å². The molecule has 0 spiro atoms. The van der Waals surface area contributed by atoms with Crippen LogP contribution in [0.1, 0.15) is 30.9 Å². The largest absolute Gasteiger partial charge is 0.444 e. The summed E-state index contributed by atoms with van der Waals surface area (Å²) in [6.07, 6.45) is -1.45. The zero-order valence-corrected chi connectivity index (χ0v) is 19.8. The van der Waals surface area contributed by atoms with Crippen LogP contribution in [-0.4, -0.2) is 42.8 Å². The number of amides is 3. The second-order valence-corrected chi connectivity index (χ2v) is 7.89. The molecule has 0 radical (unpaired) electrons. The molecule has 36 heavy (non-hydrogen) atoms. The summed E-state index contributed by atoms with van der Waals surface area (Å²) in [5.74, 6) is -1.32. The minimum Gasteiger partial charge on any atom is -0.444 e. The van der Waals surface area contributed by atoms with Gasteiger partial charge < -0.3 is 19.5 Å². The van der Waals surface area contributed by atoms with Crippen LogP contribution in [0.4, 0.5) is 9.59 Å². The Bertz CT molecular complexity index is 1020. The standard InChI is InChI=1S/C25H28N4O7/c1-17(30)36-22-20(21(31)27-22)13-8-14-26-23(28-24(32)34-15-18-9-4-2-5-10-18)29-25(33)35-16-19-11-6-3-7-12-19/h2-7,9-12,20,22H,8,13-16H2,1H3,(H,27,31)(H2,26,28,29,32,33). The number of esters is 1. The molecule has 1 fully saturated rings. The lowest BCUT2D eigenvalue weighted by atomic mass is 9.93. The van der Waals surface area contributed by atoms with Crippen molar-refractivity contribution in [1.82, 2.24) is 16.0 Å². The highest BCUT2D eigenvalue weighted by molar-refractivity contribution is 6.01. The molecule has 0 bridgehead atoms. The van der Waals surface area contributed by atoms with E-state index in [1.807, 2.05) is 36.4 Å². The average molecular weight is 497 g/mol. The highest BCUT2D eigenvalue weighted by Crippen LogP contribution is 2.21. The Hall–Kier alpha value is -4.41. The van der Waals surface area contributed by atoms with Gasteiger partial charge in [0.2, 0.25) is 11.9 Å². The number of ether oxygens (including phenoxy) is 3. The number of rotatable bonds is 9. The van der Waals surface area contributed by atoms with E-state index in [4.69, 9.17) is 14.2 Å². The van der Waals surface area contributed by atoms with Crippen LogP contribution in [-0.2, 0) is 37.0 Å². The van der Waals surface area contributed by atoms with Gasteiger partial charge in [-0.3, -0.25) is 25.2 Å². The zero-order valence-electron chi connectivity index (χ0n) is 19.8. The van der Waals surface area contributed by atoms with Crippen LogP contribution in [0.25, 0.3) is 0 Å². The molecule has 0 saturated carbocycles. The number of carbonyl (C=O) groups is 4. The number of guanidine groups is 1. The fourth-order valence-corrected chi connectivity index (χ4v) is 3.29. The molecule has 11 nitrogen and oxygen atoms in total. The third-order valence-corrected chi connectivity index (χ3v) is 5.09. The van der Waals surface area contributed by atoms with Gasteiger partial charge in [0.25, 0.3) is 0 Å². The van der Waals surface area contributed by atoms with Crippen molar-refractivity contribution in [2.45, 2.75) is 39.2 Å². The maximum atomic E-state index is 12.3. The first-order chi connectivity index (χ1) is 17.4. The van der Waals surface area contributed by atoms with Crippen molar-refractivity contribution in [3.05, 3.63) is 71.8 Å². The monoisotopic (exact) mass is 496 g/mol. The smallest absolute Gasteiger partial charge is 0.414 e. The molecule has 1 aliphatic heterocycles. The second-order valence-electron chi connectivity index (χ2n) is 7.89. The van der Waals surface area contributed by atoms with Crippen molar-refractivity contribution in [2.24, 2.45) is 10.9 Å². The molecule has 1 heterocycles. The SMILES string of the molecule is CC(=O)OC1NC(=O)C1CCCN=C(NC(=O)OCc1ccccc1)NC(=O)OCc1ccccc1. The summed E-state index contributed by atoms with van der Waals surface area (Å²) in [6, 6.07) is 18.2. The average Bonchev–Trinajstić information content (AvgIpc) is 2.86. The van der Waals surface area contributed by atoms with Crippen LogP contribution in [0.2, 0.25) is 0 Å². The summed E-state index contributed by atoms with van der Waals surface area (Å²) in [5.41, 5.74) is 1.59. The van der Waals surface area contributed by atoms with Crippen LogP contribution in [0.5, 0.6) is 0 Å². The molecule has 0 aromatic heterocycles. The van der Waals surface area contributed by atoms with E-state index in [0.717, 1.165) is 11.1 Å². The Kier molecular flexibility index (Phi) is 9.80. The Morgan fingerprint density at radius 2 is 1.42 bits per heavy atom. The van der Waals surface area contributed by atoms with Gasteiger partial charge in [-0.2, -0.15) is 0 Å². The number of β-lactam (4-membered cyclic amide) rings is 1. The molecule has 2 unspecified atom stereocenters. The quantitative estimate of drug-likeness (QED) is 0.121. The van der Waals surface area contributed by atoms with Crippen molar-refractivity contribution in [1.29, 1.82) is 0 Å². The van der Waals surface area contributed by atoms with Crippen molar-refractivity contribution in [3.63, 3.8) is 0 Å². The maximum absolute atomic E-state index is 12.3. The Morgan fingerprint density at radius 3 is 1.89 bits per heavy atom. The molecular formula is C25H28N4O7. The molecule has 1 saturated heterocycles. The van der Waals surface area contributed by atoms with Gasteiger partial charge in [-0.05, 0) is 24.0 Å². The number of benzene rings is 2. The summed E-state index contributed by atoms with van der Waals surface area (Å²) in [7, 11) is 0. The van der Waals surface area contributed by atoms with Crippen molar-refractivity contribution >= 4 is 30.0 Å². The van der Waals surface area contributed by atoms with Gasteiger partial charge in [-0.1, -0.05) is 60.7 Å². The summed E-state index contributed by atoms with van der Waals surface area (Å²) in [6.45, 7) is 1.51. The number of alkyl carbamates (subject to hydrolysis) is 2. The van der Waals surface area contributed by atoms with Crippen LogP contribution in [0.15, 0.2) is 65.7 Å². The van der Waals surface area contributed by atoms with Crippen molar-refractivity contribution in [2.75, 3.05) is 6.54 Å². The lowest BCUT2D eigenvalue weighted by Crippen LogP contribution is -2.59. The van der Waals surface area contributed by atoms with E-state index in [1.165, 1.54) is 6.92 Å². The van der Waals surface area contributed by atoms with Crippen LogP contribution in [0, 0.1) is 5.92 Å². The summed E-state index contributed by atoms with van der Waals surface area (Å²) < 4.78 is 15.4. The molecule has 1 aliphatic rings. The number of nitrogens with zero attached hydrogens (tertiary/aromatic N) is 1. The van der Waals surface area contributed by atoms with E-state index in [-0.39, 0.29) is 31.6 Å². The van der Waals surface area contributed by atoms with Gasteiger partial charge in [-0.15, -0.1) is 0 Å². The number of carbonyl (C=O) groups excluding carboxylic acids is 4. The molecule has 0 aliphatic carbocycles. The van der Waals surface area contributed by atoms with Crippen molar-refractivity contribution < 1.29 is 33.4 Å². The third kappa shape index (κ3) is 8.75. The number of hydrogen-bond donors (Lipinski definition) is 3. The molecule has 3 amide bonds. The molecule has 190 valence electrons. The Balaban J connectivity index is 1.52. The molecule has 11 heteroatoms. The molecule has 2 aromatic rings. The molecule has 2 aromatic carbocycles. The van der Waals surface area contributed by atoms with E-state index in [1.54, 1.807) is 24.3 Å². The second kappa shape index (κ2) is 13.5. The van der Waals surface area contributed by atoms with Crippen LogP contribution < -0.4 is 16.0 Å². The highest BCUT2D eigenvalue weighted by atomic mass is 16.6. The minimum atomic E-state index is -0.811. The number of hydrogen-bond acceptors (Lipinski definition) is 8. The fourth-order valence-electron chi connectivity index (χ4n) is 3.29. The maximum Gasteiger partial charge on any atom is 0.414 e. The summed E-state index contributed by atoms with van der Waals surface area (Å²) >= 11 is 0.